The van der Waals surface area contributed by atoms with Crippen molar-refractivity contribution in [3.05, 3.63) is 29.3 Å². The predicted molar refractivity (Wildman–Crippen MR) is 81.6 cm³/mol. The molecule has 0 spiro atoms. The fraction of sp³-hybridized carbons (Fsp3) is 0.500. The Morgan fingerprint density at radius 1 is 1.38 bits per heavy atom. The monoisotopic (exact) mass is 290 g/mol. The van der Waals surface area contributed by atoms with Gasteiger partial charge in [0.05, 0.1) is 0 Å². The van der Waals surface area contributed by atoms with E-state index in [-0.39, 0.29) is 11.8 Å². The van der Waals surface area contributed by atoms with Gasteiger partial charge in [0.2, 0.25) is 0 Å². The molecular formula is C16H22N2O3. The van der Waals surface area contributed by atoms with Crippen LogP contribution in [0.15, 0.2) is 18.2 Å². The molecule has 21 heavy (non-hydrogen) atoms. The molecule has 114 valence electrons. The second-order valence-electron chi connectivity index (χ2n) is 5.90. The molecule has 0 radical (unpaired) electrons. The molecule has 5 nitrogen and oxygen atoms in total. The Labute approximate surface area is 124 Å². The summed E-state index contributed by atoms with van der Waals surface area (Å²) in [6.45, 7) is 4.83. The van der Waals surface area contributed by atoms with Crippen LogP contribution in [0.3, 0.4) is 0 Å². The van der Waals surface area contributed by atoms with Crippen molar-refractivity contribution in [2.24, 2.45) is 5.92 Å². The fourth-order valence-corrected chi connectivity index (χ4v) is 2.55. The molecule has 1 aliphatic heterocycles. The number of carbonyl (C=O) groups excluding carboxylic acids is 1. The van der Waals surface area contributed by atoms with E-state index in [1.54, 1.807) is 6.07 Å². The first-order valence-corrected chi connectivity index (χ1v) is 7.38. The number of amides is 1. The number of hydrogen-bond acceptors (Lipinski definition) is 3. The van der Waals surface area contributed by atoms with Crippen LogP contribution in [0.25, 0.3) is 0 Å². The highest BCUT2D eigenvalue weighted by Gasteiger charge is 2.22. The van der Waals surface area contributed by atoms with Crippen molar-refractivity contribution in [3.63, 3.8) is 0 Å². The third-order valence-corrected chi connectivity index (χ3v) is 3.62. The molecule has 0 fully saturated rings. The van der Waals surface area contributed by atoms with Crippen molar-refractivity contribution in [1.29, 1.82) is 0 Å². The van der Waals surface area contributed by atoms with E-state index in [1.165, 1.54) is 0 Å². The quantitative estimate of drug-likeness (QED) is 0.777. The summed E-state index contributed by atoms with van der Waals surface area (Å²) >= 11 is 0. The summed E-state index contributed by atoms with van der Waals surface area (Å²) in [4.78, 5) is 23.4. The highest BCUT2D eigenvalue weighted by Crippen LogP contribution is 2.23. The van der Waals surface area contributed by atoms with Crippen LogP contribution in [0.4, 0.5) is 5.69 Å². The Kier molecular flexibility index (Phi) is 4.83. The summed E-state index contributed by atoms with van der Waals surface area (Å²) in [7, 11) is 0. The number of aryl methyl sites for hydroxylation is 1. The van der Waals surface area contributed by atoms with Gasteiger partial charge in [0.1, 0.15) is 6.04 Å². The molecule has 5 heteroatoms. The average Bonchev–Trinajstić information content (AvgIpc) is 2.45. The number of anilines is 1. The molecule has 0 aromatic heterocycles. The number of carbonyl (C=O) groups is 2. The topological polar surface area (TPSA) is 78.4 Å². The lowest BCUT2D eigenvalue weighted by Gasteiger charge is -2.20. The molecule has 1 aliphatic rings. The zero-order valence-corrected chi connectivity index (χ0v) is 12.5. The SMILES string of the molecule is CC(C)CC(NC(=O)c1ccc2c(c1)CCCN2)C(=O)O. The molecule has 0 saturated carbocycles. The van der Waals surface area contributed by atoms with Gasteiger partial charge in [-0.05, 0) is 48.9 Å². The Hall–Kier alpha value is -2.04. The van der Waals surface area contributed by atoms with Crippen LogP contribution in [0.5, 0.6) is 0 Å². The van der Waals surface area contributed by atoms with Crippen LogP contribution >= 0.6 is 0 Å². The lowest BCUT2D eigenvalue weighted by atomic mass is 9.99. The van der Waals surface area contributed by atoms with Crippen molar-refractivity contribution >= 4 is 17.6 Å². The highest BCUT2D eigenvalue weighted by molar-refractivity contribution is 5.97. The van der Waals surface area contributed by atoms with Crippen LogP contribution in [0.2, 0.25) is 0 Å². The predicted octanol–water partition coefficient (Wildman–Crippen LogP) is 2.27. The lowest BCUT2D eigenvalue weighted by Crippen LogP contribution is -2.41. The minimum atomic E-state index is -0.989. The number of hydrogen-bond donors (Lipinski definition) is 3. The summed E-state index contributed by atoms with van der Waals surface area (Å²) in [6.07, 6.45) is 2.41. The summed E-state index contributed by atoms with van der Waals surface area (Å²) in [5.41, 5.74) is 2.70. The maximum Gasteiger partial charge on any atom is 0.326 e. The van der Waals surface area contributed by atoms with Gasteiger partial charge in [0.15, 0.2) is 0 Å². The van der Waals surface area contributed by atoms with Crippen LogP contribution in [-0.2, 0) is 11.2 Å². The molecule has 1 atom stereocenters. The molecule has 2 rings (SSSR count). The van der Waals surface area contributed by atoms with Crippen LogP contribution in [-0.4, -0.2) is 29.6 Å². The molecule has 3 N–H and O–H groups in total. The van der Waals surface area contributed by atoms with E-state index in [1.807, 2.05) is 26.0 Å². The minimum absolute atomic E-state index is 0.208. The van der Waals surface area contributed by atoms with Crippen molar-refractivity contribution in [2.45, 2.75) is 39.2 Å². The first kappa shape index (κ1) is 15.4. The first-order valence-electron chi connectivity index (χ1n) is 7.38. The third kappa shape index (κ3) is 3.97. The van der Waals surface area contributed by atoms with Gasteiger partial charge in [-0.2, -0.15) is 0 Å². The summed E-state index contributed by atoms with van der Waals surface area (Å²) in [6, 6.07) is 4.64. The maximum absolute atomic E-state index is 12.2. The molecule has 1 aromatic carbocycles. The molecule has 1 unspecified atom stereocenters. The fourth-order valence-electron chi connectivity index (χ4n) is 2.55. The van der Waals surface area contributed by atoms with Crippen molar-refractivity contribution in [2.75, 3.05) is 11.9 Å². The van der Waals surface area contributed by atoms with Crippen LogP contribution < -0.4 is 10.6 Å². The smallest absolute Gasteiger partial charge is 0.326 e. The molecule has 0 aliphatic carbocycles. The van der Waals surface area contributed by atoms with Crippen LogP contribution in [0, 0.1) is 5.92 Å². The number of carboxylic acids is 1. The molecule has 0 saturated heterocycles. The summed E-state index contributed by atoms with van der Waals surface area (Å²) in [5, 5.41) is 15.1. The molecule has 0 bridgehead atoms. The Bertz CT molecular complexity index is 540. The standard InChI is InChI=1S/C16H22N2O3/c1-10(2)8-14(16(20)21)18-15(19)12-5-6-13-11(9-12)4-3-7-17-13/h5-6,9-10,14,17H,3-4,7-8H2,1-2H3,(H,18,19)(H,20,21). The van der Waals surface area contributed by atoms with Gasteiger partial charge >= 0.3 is 5.97 Å². The Balaban J connectivity index is 2.10. The number of aliphatic carboxylic acids is 1. The number of rotatable bonds is 5. The van der Waals surface area contributed by atoms with Gasteiger partial charge < -0.3 is 15.7 Å². The number of fused-ring (bicyclic) bond motifs is 1. The normalized spacial score (nSPS) is 15.0. The second-order valence-corrected chi connectivity index (χ2v) is 5.90. The van der Waals surface area contributed by atoms with Gasteiger partial charge in [-0.1, -0.05) is 13.8 Å². The average molecular weight is 290 g/mol. The first-order chi connectivity index (χ1) is 9.97. The summed E-state index contributed by atoms with van der Waals surface area (Å²) < 4.78 is 0. The molecule has 1 heterocycles. The number of nitrogens with one attached hydrogen (secondary N) is 2. The van der Waals surface area contributed by atoms with E-state index in [9.17, 15) is 14.7 Å². The Morgan fingerprint density at radius 3 is 2.81 bits per heavy atom. The van der Waals surface area contributed by atoms with Crippen LogP contribution in [0.1, 0.15) is 42.6 Å². The van der Waals surface area contributed by atoms with Gasteiger partial charge in [-0.3, -0.25) is 4.79 Å². The molecule has 1 aromatic rings. The number of carboxylic acid groups (broad SMARTS) is 1. The zero-order valence-electron chi connectivity index (χ0n) is 12.5. The maximum atomic E-state index is 12.2. The summed E-state index contributed by atoms with van der Waals surface area (Å²) in [5.74, 6) is -1.10. The van der Waals surface area contributed by atoms with E-state index in [4.69, 9.17) is 0 Å². The van der Waals surface area contributed by atoms with E-state index < -0.39 is 12.0 Å². The number of benzene rings is 1. The van der Waals surface area contributed by atoms with Gasteiger partial charge in [0.25, 0.3) is 5.91 Å². The second kappa shape index (κ2) is 6.61. The highest BCUT2D eigenvalue weighted by atomic mass is 16.4. The van der Waals surface area contributed by atoms with Gasteiger partial charge in [-0.25, -0.2) is 4.79 Å². The third-order valence-electron chi connectivity index (χ3n) is 3.62. The van der Waals surface area contributed by atoms with Gasteiger partial charge in [-0.15, -0.1) is 0 Å². The zero-order chi connectivity index (χ0) is 15.4. The van der Waals surface area contributed by atoms with E-state index in [2.05, 4.69) is 10.6 Å². The minimum Gasteiger partial charge on any atom is -0.480 e. The Morgan fingerprint density at radius 2 is 2.14 bits per heavy atom. The molecular weight excluding hydrogens is 268 g/mol. The van der Waals surface area contributed by atoms with E-state index >= 15 is 0 Å². The van der Waals surface area contributed by atoms with E-state index in [0.717, 1.165) is 30.6 Å². The van der Waals surface area contributed by atoms with Crippen molar-refractivity contribution in [1.82, 2.24) is 5.32 Å². The largest absolute Gasteiger partial charge is 0.480 e. The lowest BCUT2D eigenvalue weighted by molar-refractivity contribution is -0.139. The van der Waals surface area contributed by atoms with Crippen molar-refractivity contribution < 1.29 is 14.7 Å². The van der Waals surface area contributed by atoms with Crippen molar-refractivity contribution in [3.8, 4) is 0 Å². The van der Waals surface area contributed by atoms with Gasteiger partial charge in [0, 0.05) is 17.8 Å². The van der Waals surface area contributed by atoms with E-state index in [0.29, 0.717) is 12.0 Å². The molecule has 1 amide bonds.